The van der Waals surface area contributed by atoms with Crippen LogP contribution < -0.4 is 9.47 Å². The summed E-state index contributed by atoms with van der Waals surface area (Å²) >= 11 is 12.8. The van der Waals surface area contributed by atoms with Crippen molar-refractivity contribution in [3.63, 3.8) is 0 Å². The summed E-state index contributed by atoms with van der Waals surface area (Å²) in [6.45, 7) is 1.86. The molecule has 0 radical (unpaired) electrons. The number of pyridine rings is 1. The lowest BCUT2D eigenvalue weighted by Gasteiger charge is -2.15. The average Bonchev–Trinajstić information content (AvgIpc) is 2.63. The Labute approximate surface area is 155 Å². The van der Waals surface area contributed by atoms with Crippen LogP contribution in [0.5, 0.6) is 11.5 Å². The molecule has 3 rings (SSSR count). The lowest BCUT2D eigenvalue weighted by atomic mass is 9.97. The maximum absolute atomic E-state index is 6.41. The number of ether oxygens (including phenoxy) is 2. The average molecular weight is 376 g/mol. The molecule has 0 unspecified atom stereocenters. The fourth-order valence-electron chi connectivity index (χ4n) is 2.57. The van der Waals surface area contributed by atoms with Gasteiger partial charge < -0.3 is 9.47 Å². The molecule has 0 N–H and O–H groups in total. The molecular formula is C18H15Cl2N3O2. The van der Waals surface area contributed by atoms with E-state index in [1.165, 1.54) is 0 Å². The summed E-state index contributed by atoms with van der Waals surface area (Å²) in [4.78, 5) is 4.41. The monoisotopic (exact) mass is 375 g/mol. The van der Waals surface area contributed by atoms with Crippen molar-refractivity contribution in [3.8, 4) is 33.9 Å². The van der Waals surface area contributed by atoms with Crippen molar-refractivity contribution in [2.45, 2.75) is 6.92 Å². The summed E-state index contributed by atoms with van der Waals surface area (Å²) in [6.07, 6.45) is 1.59. The second-order valence-corrected chi connectivity index (χ2v) is 6.03. The molecule has 0 amide bonds. The van der Waals surface area contributed by atoms with Gasteiger partial charge in [-0.05, 0) is 24.6 Å². The third-order valence-electron chi connectivity index (χ3n) is 3.75. The molecule has 7 heteroatoms. The van der Waals surface area contributed by atoms with Gasteiger partial charge in [-0.1, -0.05) is 35.3 Å². The number of hydrogen-bond acceptors (Lipinski definition) is 5. The Morgan fingerprint density at radius 3 is 2.36 bits per heavy atom. The Balaban J connectivity index is 2.29. The SMILES string of the molecule is COc1cccc(-c2c(C)nnc(Cl)c2-c2ncc(OC)cc2Cl)c1. The summed E-state index contributed by atoms with van der Waals surface area (Å²) in [6, 6.07) is 9.30. The van der Waals surface area contributed by atoms with E-state index in [1.54, 1.807) is 26.5 Å². The summed E-state index contributed by atoms with van der Waals surface area (Å²) < 4.78 is 10.5. The molecule has 0 aliphatic heterocycles. The molecule has 3 aromatic rings. The normalized spacial score (nSPS) is 10.6. The number of aryl methyl sites for hydroxylation is 1. The van der Waals surface area contributed by atoms with E-state index >= 15 is 0 Å². The quantitative estimate of drug-likeness (QED) is 0.652. The first kappa shape index (κ1) is 17.5. The zero-order valence-electron chi connectivity index (χ0n) is 13.9. The van der Waals surface area contributed by atoms with Crippen LogP contribution in [0.25, 0.3) is 22.4 Å². The molecule has 0 aliphatic rings. The van der Waals surface area contributed by atoms with Crippen LogP contribution in [-0.4, -0.2) is 29.4 Å². The zero-order valence-corrected chi connectivity index (χ0v) is 15.4. The Morgan fingerprint density at radius 2 is 1.68 bits per heavy atom. The lowest BCUT2D eigenvalue weighted by Crippen LogP contribution is -1.99. The van der Waals surface area contributed by atoms with Crippen LogP contribution in [0.3, 0.4) is 0 Å². The van der Waals surface area contributed by atoms with E-state index in [1.807, 2.05) is 31.2 Å². The van der Waals surface area contributed by atoms with Gasteiger partial charge in [0, 0.05) is 11.6 Å². The summed E-state index contributed by atoms with van der Waals surface area (Å²) in [7, 11) is 3.17. The van der Waals surface area contributed by atoms with Gasteiger partial charge in [-0.3, -0.25) is 4.98 Å². The predicted octanol–water partition coefficient (Wildman–Crippen LogP) is 4.84. The van der Waals surface area contributed by atoms with Gasteiger partial charge in [0.1, 0.15) is 11.5 Å². The topological polar surface area (TPSA) is 57.1 Å². The first-order valence-corrected chi connectivity index (χ1v) is 8.18. The molecule has 1 aromatic carbocycles. The van der Waals surface area contributed by atoms with Gasteiger partial charge in [-0.15, -0.1) is 5.10 Å². The highest BCUT2D eigenvalue weighted by atomic mass is 35.5. The van der Waals surface area contributed by atoms with Crippen LogP contribution in [0.2, 0.25) is 10.2 Å². The van der Waals surface area contributed by atoms with Crippen molar-refractivity contribution in [3.05, 3.63) is 52.4 Å². The van der Waals surface area contributed by atoms with Crippen LogP contribution in [0, 0.1) is 6.92 Å². The van der Waals surface area contributed by atoms with E-state index < -0.39 is 0 Å². The van der Waals surface area contributed by atoms with Crippen molar-refractivity contribution in [1.82, 2.24) is 15.2 Å². The molecule has 0 bridgehead atoms. The Bertz CT molecular complexity index is 932. The fraction of sp³-hybridized carbons (Fsp3) is 0.167. The Hall–Kier alpha value is -2.37. The minimum atomic E-state index is 0.225. The number of methoxy groups -OCH3 is 2. The van der Waals surface area contributed by atoms with Gasteiger partial charge >= 0.3 is 0 Å². The van der Waals surface area contributed by atoms with Crippen LogP contribution in [0.4, 0.5) is 0 Å². The van der Waals surface area contributed by atoms with Crippen molar-refractivity contribution >= 4 is 23.2 Å². The second-order valence-electron chi connectivity index (χ2n) is 5.26. The lowest BCUT2D eigenvalue weighted by molar-refractivity contribution is 0.413. The number of benzene rings is 1. The van der Waals surface area contributed by atoms with E-state index in [0.29, 0.717) is 27.7 Å². The number of nitrogens with zero attached hydrogens (tertiary/aromatic N) is 3. The van der Waals surface area contributed by atoms with Gasteiger partial charge in [0.15, 0.2) is 5.15 Å². The number of hydrogen-bond donors (Lipinski definition) is 0. The molecule has 5 nitrogen and oxygen atoms in total. The molecule has 2 heterocycles. The molecule has 2 aromatic heterocycles. The molecule has 0 spiro atoms. The smallest absolute Gasteiger partial charge is 0.161 e. The largest absolute Gasteiger partial charge is 0.497 e. The highest BCUT2D eigenvalue weighted by molar-refractivity contribution is 6.36. The van der Waals surface area contributed by atoms with Crippen molar-refractivity contribution in [1.29, 1.82) is 0 Å². The summed E-state index contributed by atoms with van der Waals surface area (Å²) in [5.74, 6) is 1.29. The Morgan fingerprint density at radius 1 is 0.920 bits per heavy atom. The fourth-order valence-corrected chi connectivity index (χ4v) is 3.04. The van der Waals surface area contributed by atoms with Gasteiger partial charge in [-0.25, -0.2) is 0 Å². The van der Waals surface area contributed by atoms with Crippen molar-refractivity contribution < 1.29 is 9.47 Å². The predicted molar refractivity (Wildman–Crippen MR) is 98.6 cm³/mol. The van der Waals surface area contributed by atoms with E-state index in [2.05, 4.69) is 15.2 Å². The number of aromatic nitrogens is 3. The van der Waals surface area contributed by atoms with Crippen molar-refractivity contribution in [2.75, 3.05) is 14.2 Å². The highest BCUT2D eigenvalue weighted by Crippen LogP contribution is 2.41. The number of halogens is 2. The Kier molecular flexibility index (Phi) is 5.06. The van der Waals surface area contributed by atoms with Crippen LogP contribution in [0.15, 0.2) is 36.5 Å². The standard InChI is InChI=1S/C18H15Cl2N3O2/c1-10-15(11-5-4-6-12(7-11)24-2)16(18(20)23-22-10)17-14(19)8-13(25-3)9-21-17/h4-9H,1-3H3. The minimum absolute atomic E-state index is 0.225. The third kappa shape index (κ3) is 3.38. The number of rotatable bonds is 4. The molecule has 0 fully saturated rings. The molecular weight excluding hydrogens is 361 g/mol. The van der Waals surface area contributed by atoms with E-state index in [0.717, 1.165) is 16.9 Å². The van der Waals surface area contributed by atoms with E-state index in [4.69, 9.17) is 32.7 Å². The first-order chi connectivity index (χ1) is 12.0. The molecule has 25 heavy (non-hydrogen) atoms. The summed E-state index contributed by atoms with van der Waals surface area (Å²) in [5.41, 5.74) is 3.54. The second kappa shape index (κ2) is 7.25. The molecule has 0 atom stereocenters. The third-order valence-corrected chi connectivity index (χ3v) is 4.31. The maximum atomic E-state index is 6.41. The van der Waals surface area contributed by atoms with Crippen LogP contribution in [-0.2, 0) is 0 Å². The maximum Gasteiger partial charge on any atom is 0.161 e. The molecule has 128 valence electrons. The van der Waals surface area contributed by atoms with E-state index in [-0.39, 0.29) is 5.15 Å². The van der Waals surface area contributed by atoms with Gasteiger partial charge in [-0.2, -0.15) is 5.10 Å². The van der Waals surface area contributed by atoms with E-state index in [9.17, 15) is 0 Å². The molecule has 0 saturated heterocycles. The van der Waals surface area contributed by atoms with Crippen LogP contribution in [0.1, 0.15) is 5.69 Å². The molecule has 0 saturated carbocycles. The summed E-state index contributed by atoms with van der Waals surface area (Å²) in [5, 5.41) is 8.80. The molecule has 0 aliphatic carbocycles. The highest BCUT2D eigenvalue weighted by Gasteiger charge is 2.20. The first-order valence-electron chi connectivity index (χ1n) is 7.42. The van der Waals surface area contributed by atoms with Crippen molar-refractivity contribution in [2.24, 2.45) is 0 Å². The van der Waals surface area contributed by atoms with Gasteiger partial charge in [0.25, 0.3) is 0 Å². The minimum Gasteiger partial charge on any atom is -0.497 e. The van der Waals surface area contributed by atoms with Gasteiger partial charge in [0.2, 0.25) is 0 Å². The van der Waals surface area contributed by atoms with Crippen LogP contribution >= 0.6 is 23.2 Å². The zero-order chi connectivity index (χ0) is 18.0. The van der Waals surface area contributed by atoms with Gasteiger partial charge in [0.05, 0.1) is 42.4 Å².